The van der Waals surface area contributed by atoms with Crippen molar-refractivity contribution in [2.45, 2.75) is 0 Å². The summed E-state index contributed by atoms with van der Waals surface area (Å²) in [5.74, 6) is -2.00. The predicted molar refractivity (Wildman–Crippen MR) is 128 cm³/mol. The lowest BCUT2D eigenvalue weighted by molar-refractivity contribution is -0.143. The van der Waals surface area contributed by atoms with E-state index < -0.39 is 24.5 Å². The molecule has 0 aromatic heterocycles. The number of carboxylic acids is 1. The molecule has 14 heteroatoms. The van der Waals surface area contributed by atoms with Crippen LogP contribution in [0.2, 0.25) is 0 Å². The Kier molecular flexibility index (Phi) is 26.7. The Morgan fingerprint density at radius 1 is 0.568 bits per heavy atom. The summed E-state index contributed by atoms with van der Waals surface area (Å²) in [6.07, 6.45) is 1.10. The summed E-state index contributed by atoms with van der Waals surface area (Å²) in [4.78, 5) is 32.4. The number of aliphatic carboxylic acids is 1. The van der Waals surface area contributed by atoms with Gasteiger partial charge in [0.15, 0.2) is 0 Å². The molecule has 0 saturated carbocycles. The quantitative estimate of drug-likeness (QED) is 0.0679. The molecular weight excluding hydrogens is 498 g/mol. The fraction of sp³-hybridized carbons (Fsp3) is 0.783. The molecule has 37 heavy (non-hydrogen) atoms. The van der Waals surface area contributed by atoms with Gasteiger partial charge in [0, 0.05) is 12.6 Å². The van der Waals surface area contributed by atoms with E-state index in [0.717, 1.165) is 6.08 Å². The first-order valence-electron chi connectivity index (χ1n) is 12.0. The molecule has 14 nitrogen and oxygen atoms in total. The number of rotatable bonds is 29. The van der Waals surface area contributed by atoms with Gasteiger partial charge in [-0.05, 0) is 0 Å². The number of carbonyl (C=O) groups excluding carboxylic acids is 2. The summed E-state index contributed by atoms with van der Waals surface area (Å²) in [5, 5.41) is 10.9. The smallest absolute Gasteiger partial charge is 0.330 e. The van der Waals surface area contributed by atoms with Crippen molar-refractivity contribution in [3.63, 3.8) is 0 Å². The summed E-state index contributed by atoms with van der Waals surface area (Å²) in [5.41, 5.74) is 0. The Morgan fingerprint density at radius 3 is 1.32 bits per heavy atom. The van der Waals surface area contributed by atoms with Crippen LogP contribution in [0, 0.1) is 0 Å². The van der Waals surface area contributed by atoms with Gasteiger partial charge in [0.1, 0.15) is 19.8 Å². The van der Waals surface area contributed by atoms with Crippen LogP contribution in [0.3, 0.4) is 0 Å². The van der Waals surface area contributed by atoms with E-state index in [1.54, 1.807) is 0 Å². The van der Waals surface area contributed by atoms with Crippen molar-refractivity contribution in [3.8, 4) is 0 Å². The van der Waals surface area contributed by atoms with E-state index in [0.29, 0.717) is 99.0 Å². The minimum Gasteiger partial charge on any atom is -0.480 e. The van der Waals surface area contributed by atoms with Crippen LogP contribution in [-0.2, 0) is 57.0 Å². The summed E-state index contributed by atoms with van der Waals surface area (Å²) in [7, 11) is 0. The molecule has 0 aliphatic rings. The lowest BCUT2D eigenvalue weighted by Crippen LogP contribution is -2.31. The van der Waals surface area contributed by atoms with Gasteiger partial charge in [-0.1, -0.05) is 6.58 Å². The van der Waals surface area contributed by atoms with Crippen LogP contribution in [0.25, 0.3) is 0 Å². The summed E-state index contributed by atoms with van der Waals surface area (Å²) in [6.45, 7) is 8.79. The van der Waals surface area contributed by atoms with Gasteiger partial charge in [0.2, 0.25) is 5.91 Å². The molecule has 0 saturated heterocycles. The third-order valence-electron chi connectivity index (χ3n) is 3.90. The highest BCUT2D eigenvalue weighted by Gasteiger charge is 2.03. The summed E-state index contributed by atoms with van der Waals surface area (Å²) < 4.78 is 46.8. The fourth-order valence-corrected chi connectivity index (χ4v) is 2.23. The third-order valence-corrected chi connectivity index (χ3v) is 3.90. The van der Waals surface area contributed by atoms with Crippen LogP contribution in [0.1, 0.15) is 0 Å². The highest BCUT2D eigenvalue weighted by atomic mass is 16.6. The SMILES string of the molecule is C=CC(=O)OCCOCCOCCOCCOCCOCCOCCOCCNC(=O)COCC(=O)O. The van der Waals surface area contributed by atoms with Crippen molar-refractivity contribution in [1.82, 2.24) is 5.32 Å². The molecule has 0 fully saturated rings. The molecule has 0 atom stereocenters. The molecule has 216 valence electrons. The van der Waals surface area contributed by atoms with Crippen molar-refractivity contribution in [2.75, 3.05) is 119 Å². The second-order valence-corrected chi connectivity index (χ2v) is 6.89. The highest BCUT2D eigenvalue weighted by Crippen LogP contribution is 1.86. The zero-order valence-electron chi connectivity index (χ0n) is 21.4. The Morgan fingerprint density at radius 2 is 0.946 bits per heavy atom. The molecule has 0 radical (unpaired) electrons. The van der Waals surface area contributed by atoms with Gasteiger partial charge in [-0.3, -0.25) is 4.79 Å². The van der Waals surface area contributed by atoms with Gasteiger partial charge >= 0.3 is 11.9 Å². The number of carbonyl (C=O) groups is 3. The van der Waals surface area contributed by atoms with E-state index in [1.165, 1.54) is 0 Å². The molecule has 0 aliphatic carbocycles. The van der Waals surface area contributed by atoms with Gasteiger partial charge in [-0.25, -0.2) is 9.59 Å². The zero-order chi connectivity index (χ0) is 27.2. The first-order valence-corrected chi connectivity index (χ1v) is 12.0. The minimum absolute atomic E-state index is 0.186. The maximum Gasteiger partial charge on any atom is 0.330 e. The molecule has 0 heterocycles. The Labute approximate surface area is 217 Å². The Balaban J connectivity index is 3.12. The van der Waals surface area contributed by atoms with Crippen molar-refractivity contribution in [2.24, 2.45) is 0 Å². The van der Waals surface area contributed by atoms with E-state index in [2.05, 4.69) is 16.6 Å². The van der Waals surface area contributed by atoms with Crippen LogP contribution >= 0.6 is 0 Å². The van der Waals surface area contributed by atoms with Crippen molar-refractivity contribution in [3.05, 3.63) is 12.7 Å². The van der Waals surface area contributed by atoms with Crippen molar-refractivity contribution in [1.29, 1.82) is 0 Å². The maximum absolute atomic E-state index is 11.3. The van der Waals surface area contributed by atoms with E-state index in [-0.39, 0.29) is 13.2 Å². The maximum atomic E-state index is 11.3. The number of esters is 1. The van der Waals surface area contributed by atoms with Crippen molar-refractivity contribution < 1.29 is 62.1 Å². The average Bonchev–Trinajstić information content (AvgIpc) is 2.88. The molecule has 0 bridgehead atoms. The second kappa shape index (κ2) is 28.4. The number of ether oxygens (including phenoxy) is 9. The molecule has 0 aliphatic heterocycles. The van der Waals surface area contributed by atoms with Gasteiger partial charge in [-0.2, -0.15) is 0 Å². The molecule has 0 unspecified atom stereocenters. The topological polar surface area (TPSA) is 167 Å². The van der Waals surface area contributed by atoms with Crippen LogP contribution in [0.4, 0.5) is 0 Å². The second-order valence-electron chi connectivity index (χ2n) is 6.89. The third kappa shape index (κ3) is 29.9. The fourth-order valence-electron chi connectivity index (χ4n) is 2.23. The molecule has 0 rings (SSSR count). The molecule has 0 aromatic rings. The van der Waals surface area contributed by atoms with Gasteiger partial charge in [0.25, 0.3) is 0 Å². The monoisotopic (exact) mass is 539 g/mol. The first kappa shape index (κ1) is 34.8. The van der Waals surface area contributed by atoms with Crippen LogP contribution in [0.15, 0.2) is 12.7 Å². The van der Waals surface area contributed by atoms with E-state index in [1.807, 2.05) is 0 Å². The van der Waals surface area contributed by atoms with Gasteiger partial charge in [-0.15, -0.1) is 0 Å². The molecule has 0 aromatic carbocycles. The summed E-state index contributed by atoms with van der Waals surface area (Å²) in [6, 6.07) is 0. The lowest BCUT2D eigenvalue weighted by Gasteiger charge is -2.09. The Hall–Kier alpha value is -2.17. The zero-order valence-corrected chi connectivity index (χ0v) is 21.4. The molecule has 2 N–H and O–H groups in total. The Bertz CT molecular complexity index is 577. The largest absolute Gasteiger partial charge is 0.480 e. The van der Waals surface area contributed by atoms with E-state index in [9.17, 15) is 14.4 Å². The molecule has 0 spiro atoms. The molecule has 1 amide bonds. The standard InChI is InChI=1S/C23H41NO13/c1-2-23(28)37-18-17-35-16-15-34-14-13-33-12-11-32-10-9-31-8-7-30-6-5-29-4-3-24-21(25)19-36-20-22(26)27/h2H,1,3-20H2,(H,24,25)(H,26,27). The van der Waals surface area contributed by atoms with Crippen LogP contribution < -0.4 is 5.32 Å². The first-order chi connectivity index (χ1) is 18.1. The van der Waals surface area contributed by atoms with Gasteiger partial charge in [0.05, 0.1) is 92.5 Å². The van der Waals surface area contributed by atoms with Crippen molar-refractivity contribution >= 4 is 17.8 Å². The molecular formula is C23H41NO13. The number of amides is 1. The minimum atomic E-state index is -1.13. The lowest BCUT2D eigenvalue weighted by atomic mass is 10.6. The summed E-state index contributed by atoms with van der Waals surface area (Å²) >= 11 is 0. The van der Waals surface area contributed by atoms with E-state index in [4.69, 9.17) is 43.0 Å². The normalized spacial score (nSPS) is 10.8. The number of carboxylic acid groups (broad SMARTS) is 1. The highest BCUT2D eigenvalue weighted by molar-refractivity contribution is 5.81. The number of nitrogens with one attached hydrogen (secondary N) is 1. The van der Waals surface area contributed by atoms with Crippen LogP contribution in [-0.4, -0.2) is 142 Å². The number of hydrogen-bond donors (Lipinski definition) is 2. The van der Waals surface area contributed by atoms with E-state index >= 15 is 0 Å². The predicted octanol–water partition coefficient (Wildman–Crippen LogP) is -0.951. The average molecular weight is 540 g/mol. The van der Waals surface area contributed by atoms with Gasteiger partial charge < -0.3 is 53.1 Å². The number of hydrogen-bond acceptors (Lipinski definition) is 12. The van der Waals surface area contributed by atoms with Crippen LogP contribution in [0.5, 0.6) is 0 Å².